The van der Waals surface area contributed by atoms with Crippen molar-refractivity contribution >= 4 is 23.5 Å². The molecule has 0 aliphatic heterocycles. The van der Waals surface area contributed by atoms with Crippen LogP contribution < -0.4 is 11.1 Å². The molecule has 0 saturated carbocycles. The Hall–Kier alpha value is -2.03. The van der Waals surface area contributed by atoms with Crippen LogP contribution >= 0.6 is 11.6 Å². The van der Waals surface area contributed by atoms with E-state index in [1.165, 1.54) is 14.0 Å². The Morgan fingerprint density at radius 3 is 2.37 bits per heavy atom. The van der Waals surface area contributed by atoms with Gasteiger partial charge in [0.1, 0.15) is 12.2 Å². The minimum Gasteiger partial charge on any atom is -0.444 e. The maximum Gasteiger partial charge on any atom is 0.408 e. The number of aliphatic hydroxyl groups excluding tert-OH is 1. The average molecular weight is 402 g/mol. The average Bonchev–Trinajstić information content (AvgIpc) is 2.59. The van der Waals surface area contributed by atoms with Crippen LogP contribution in [0.4, 0.5) is 4.79 Å². The van der Waals surface area contributed by atoms with Crippen LogP contribution in [0, 0.1) is 0 Å². The molecule has 0 aromatic heterocycles. The molecular weight excluding hydrogens is 374 g/mol. The normalized spacial score (nSPS) is 15.6. The summed E-state index contributed by atoms with van der Waals surface area (Å²) in [6.45, 7) is 6.34. The van der Waals surface area contributed by atoms with Crippen molar-refractivity contribution in [3.05, 3.63) is 34.9 Å². The number of carbonyl (C=O) groups is 1. The molecule has 0 aliphatic rings. The molecule has 0 aliphatic carbocycles. The predicted octanol–water partition coefficient (Wildman–Crippen LogP) is 2.42. The number of hydrogen-bond donors (Lipinski definition) is 3. The number of ether oxygens (including phenoxy) is 2. The van der Waals surface area contributed by atoms with Gasteiger partial charge >= 0.3 is 6.09 Å². The van der Waals surface area contributed by atoms with Gasteiger partial charge in [0.05, 0.1) is 6.04 Å². The third kappa shape index (κ3) is 8.47. The minimum atomic E-state index is -1.35. The third-order valence-corrected chi connectivity index (χ3v) is 3.72. The molecule has 0 spiro atoms. The second-order valence-corrected chi connectivity index (χ2v) is 7.57. The van der Waals surface area contributed by atoms with Crippen LogP contribution in [0.15, 0.2) is 29.4 Å². The maximum absolute atomic E-state index is 12.2. The van der Waals surface area contributed by atoms with Gasteiger partial charge in [-0.2, -0.15) is 0 Å². The fraction of sp³-hybridized carbons (Fsp3) is 0.556. The molecule has 152 valence electrons. The Bertz CT molecular complexity index is 639. The van der Waals surface area contributed by atoms with Gasteiger partial charge in [0.25, 0.3) is 5.79 Å². The van der Waals surface area contributed by atoms with E-state index in [1.54, 1.807) is 32.9 Å². The van der Waals surface area contributed by atoms with Crippen LogP contribution in [-0.4, -0.2) is 48.2 Å². The molecule has 0 heterocycles. The van der Waals surface area contributed by atoms with Crippen LogP contribution in [0.2, 0.25) is 5.02 Å². The number of carbonyl (C=O) groups excluding carboxylic acids is 1. The van der Waals surface area contributed by atoms with Crippen molar-refractivity contribution in [2.45, 2.75) is 51.5 Å². The highest BCUT2D eigenvalue weighted by atomic mass is 35.5. The summed E-state index contributed by atoms with van der Waals surface area (Å²) in [4.78, 5) is 17.3. The van der Waals surface area contributed by atoms with Gasteiger partial charge in [-0.1, -0.05) is 28.9 Å². The minimum absolute atomic E-state index is 0.00691. The van der Waals surface area contributed by atoms with E-state index in [0.717, 1.165) is 5.56 Å². The summed E-state index contributed by atoms with van der Waals surface area (Å²) in [6, 6.07) is 6.39. The van der Waals surface area contributed by atoms with Gasteiger partial charge in [-0.15, -0.1) is 0 Å². The highest BCUT2D eigenvalue weighted by molar-refractivity contribution is 6.30. The molecule has 1 rings (SSSR count). The Morgan fingerprint density at radius 1 is 1.30 bits per heavy atom. The second-order valence-electron chi connectivity index (χ2n) is 7.13. The Morgan fingerprint density at radius 2 is 1.89 bits per heavy atom. The Balaban J connectivity index is 2.97. The smallest absolute Gasteiger partial charge is 0.408 e. The molecule has 8 nitrogen and oxygen atoms in total. The van der Waals surface area contributed by atoms with Crippen LogP contribution in [0.3, 0.4) is 0 Å². The first-order valence-electron chi connectivity index (χ1n) is 8.39. The lowest BCUT2D eigenvalue weighted by atomic mass is 10.1. The monoisotopic (exact) mass is 401 g/mol. The molecule has 0 bridgehead atoms. The number of amides is 1. The van der Waals surface area contributed by atoms with E-state index < -0.39 is 30.1 Å². The predicted molar refractivity (Wildman–Crippen MR) is 104 cm³/mol. The lowest BCUT2D eigenvalue weighted by Gasteiger charge is -2.25. The zero-order chi connectivity index (χ0) is 20.7. The van der Waals surface area contributed by atoms with Crippen molar-refractivity contribution in [1.82, 2.24) is 5.32 Å². The second kappa shape index (κ2) is 9.77. The fourth-order valence-corrected chi connectivity index (χ4v) is 2.01. The number of rotatable bonds is 8. The number of aliphatic hydroxyl groups is 1. The topological polar surface area (TPSA) is 115 Å². The number of halogens is 1. The van der Waals surface area contributed by atoms with Crippen molar-refractivity contribution < 1.29 is 24.2 Å². The molecule has 1 aromatic rings. The van der Waals surface area contributed by atoms with E-state index >= 15 is 0 Å². The molecule has 2 atom stereocenters. The molecule has 27 heavy (non-hydrogen) atoms. The third-order valence-electron chi connectivity index (χ3n) is 3.46. The van der Waals surface area contributed by atoms with E-state index in [9.17, 15) is 9.90 Å². The first-order valence-corrected chi connectivity index (χ1v) is 8.77. The lowest BCUT2D eigenvalue weighted by molar-refractivity contribution is -0.229. The molecule has 1 amide bonds. The molecule has 9 heteroatoms. The Kier molecular flexibility index (Phi) is 8.33. The van der Waals surface area contributed by atoms with Crippen LogP contribution in [-0.2, 0) is 20.7 Å². The van der Waals surface area contributed by atoms with E-state index in [-0.39, 0.29) is 5.84 Å². The van der Waals surface area contributed by atoms with Gasteiger partial charge in [0.15, 0.2) is 5.84 Å². The molecule has 0 fully saturated rings. The Labute approximate surface area is 164 Å². The molecular formula is C18H28ClN3O5. The number of alkyl carbamates (subject to hydrolysis) is 1. The molecule has 1 aromatic carbocycles. The van der Waals surface area contributed by atoms with Gasteiger partial charge in [-0.25, -0.2) is 4.79 Å². The number of nitrogens with one attached hydrogen (secondary N) is 1. The van der Waals surface area contributed by atoms with Crippen molar-refractivity contribution in [1.29, 1.82) is 0 Å². The van der Waals surface area contributed by atoms with Crippen LogP contribution in [0.25, 0.3) is 0 Å². The number of benzene rings is 1. The van der Waals surface area contributed by atoms with Gasteiger partial charge in [0, 0.05) is 25.5 Å². The summed E-state index contributed by atoms with van der Waals surface area (Å²) in [5, 5.41) is 16.4. The summed E-state index contributed by atoms with van der Waals surface area (Å²) in [7, 11) is 1.37. The molecule has 1 unspecified atom stereocenters. The zero-order valence-corrected chi connectivity index (χ0v) is 17.0. The quantitative estimate of drug-likeness (QED) is 0.266. The number of nitrogens with zero attached hydrogens (tertiary/aromatic N) is 1. The number of amidine groups is 1. The van der Waals surface area contributed by atoms with E-state index in [2.05, 4.69) is 10.5 Å². The summed E-state index contributed by atoms with van der Waals surface area (Å²) in [5.41, 5.74) is 6.22. The summed E-state index contributed by atoms with van der Waals surface area (Å²) in [5.74, 6) is -1.35. The van der Waals surface area contributed by atoms with Gasteiger partial charge in [0.2, 0.25) is 0 Å². The largest absolute Gasteiger partial charge is 0.444 e. The number of methoxy groups -OCH3 is 1. The summed E-state index contributed by atoms with van der Waals surface area (Å²) >= 11 is 5.90. The standard InChI is InChI=1S/C18H28ClN3O5/c1-17(2,3)26-16(24)21-14(10-12-6-8-13(19)9-7-12)15(20)22-27-18(4,11-23)25-5/h6-9,14,23H,10-11H2,1-5H3,(H2,20,22)(H,21,24)/t14-,18?/m0/s1. The molecule has 0 saturated heterocycles. The highest BCUT2D eigenvalue weighted by Crippen LogP contribution is 2.14. The fourth-order valence-electron chi connectivity index (χ4n) is 1.88. The number of nitrogens with two attached hydrogens (primary N) is 1. The van der Waals surface area contributed by atoms with E-state index in [0.29, 0.717) is 11.4 Å². The maximum atomic E-state index is 12.2. The van der Waals surface area contributed by atoms with Crippen LogP contribution in [0.1, 0.15) is 33.3 Å². The molecule has 4 N–H and O–H groups in total. The summed E-state index contributed by atoms with van der Waals surface area (Å²) < 4.78 is 10.3. The zero-order valence-electron chi connectivity index (χ0n) is 16.3. The number of oxime groups is 1. The van der Waals surface area contributed by atoms with E-state index in [1.807, 2.05) is 12.1 Å². The highest BCUT2D eigenvalue weighted by Gasteiger charge is 2.27. The van der Waals surface area contributed by atoms with E-state index in [4.69, 9.17) is 31.6 Å². The number of hydrogen-bond acceptors (Lipinski definition) is 6. The SMILES string of the molecule is COC(C)(CO)O/N=C(\N)[C@H](Cc1ccc(Cl)cc1)NC(=O)OC(C)(C)C. The van der Waals surface area contributed by atoms with Crippen LogP contribution in [0.5, 0.6) is 0 Å². The van der Waals surface area contributed by atoms with Gasteiger partial charge in [-0.3, -0.25) is 0 Å². The lowest BCUT2D eigenvalue weighted by Crippen LogP contribution is -2.48. The summed E-state index contributed by atoms with van der Waals surface area (Å²) in [6.07, 6.45) is -0.311. The van der Waals surface area contributed by atoms with Crippen molar-refractivity contribution in [2.24, 2.45) is 10.9 Å². The van der Waals surface area contributed by atoms with Gasteiger partial charge in [-0.05, 0) is 38.5 Å². The van der Waals surface area contributed by atoms with Crippen molar-refractivity contribution in [3.8, 4) is 0 Å². The van der Waals surface area contributed by atoms with Crippen molar-refractivity contribution in [3.63, 3.8) is 0 Å². The first kappa shape index (κ1) is 23.0. The first-order chi connectivity index (χ1) is 12.5. The molecule has 0 radical (unpaired) electrons. The van der Waals surface area contributed by atoms with Gasteiger partial charge < -0.3 is 30.5 Å². The van der Waals surface area contributed by atoms with Crippen molar-refractivity contribution in [2.75, 3.05) is 13.7 Å².